The Balaban J connectivity index is 1.85. The number of anilines is 1. The van der Waals surface area contributed by atoms with Crippen molar-refractivity contribution < 1.29 is 14.1 Å². The van der Waals surface area contributed by atoms with Crippen molar-refractivity contribution in [3.8, 4) is 0 Å². The number of piperidine rings is 1. The molecule has 0 aliphatic carbocycles. The molecule has 0 radical (unpaired) electrons. The summed E-state index contributed by atoms with van der Waals surface area (Å²) in [5.41, 5.74) is 0. The van der Waals surface area contributed by atoms with E-state index in [1.54, 1.807) is 20.1 Å². The van der Waals surface area contributed by atoms with E-state index in [9.17, 15) is 4.79 Å². The predicted octanol–water partition coefficient (Wildman–Crippen LogP) is 1.42. The smallest absolute Gasteiger partial charge is 0.242 e. The van der Waals surface area contributed by atoms with E-state index in [1.165, 1.54) is 0 Å². The van der Waals surface area contributed by atoms with Crippen LogP contribution in [0.15, 0.2) is 10.6 Å². The van der Waals surface area contributed by atoms with Gasteiger partial charge in [-0.05, 0) is 26.7 Å². The summed E-state index contributed by atoms with van der Waals surface area (Å²) in [5.74, 6) is 1.11. The maximum absolute atomic E-state index is 12.1. The molecule has 1 fully saturated rings. The van der Waals surface area contributed by atoms with Gasteiger partial charge in [-0.15, -0.1) is 0 Å². The molecule has 0 aromatic carbocycles. The van der Waals surface area contributed by atoms with Crippen LogP contribution in [0.1, 0.15) is 25.5 Å². The van der Waals surface area contributed by atoms with Gasteiger partial charge in [0.05, 0.1) is 12.1 Å². The lowest BCUT2D eigenvalue weighted by atomic mass is 10.1. The monoisotopic (exact) mass is 267 g/mol. The summed E-state index contributed by atoms with van der Waals surface area (Å²) < 4.78 is 10.3. The zero-order chi connectivity index (χ0) is 13.8. The van der Waals surface area contributed by atoms with Gasteiger partial charge in [-0.2, -0.15) is 0 Å². The van der Waals surface area contributed by atoms with Crippen LogP contribution >= 0.6 is 0 Å². The molecule has 1 aliphatic rings. The first kappa shape index (κ1) is 14.0. The average molecular weight is 267 g/mol. The molecule has 1 unspecified atom stereocenters. The molecule has 6 nitrogen and oxygen atoms in total. The highest BCUT2D eigenvalue weighted by Gasteiger charge is 2.26. The third-order valence-corrected chi connectivity index (χ3v) is 3.62. The summed E-state index contributed by atoms with van der Waals surface area (Å²) in [6.45, 7) is 5.47. The number of aryl methyl sites for hydroxylation is 1. The van der Waals surface area contributed by atoms with Crippen molar-refractivity contribution >= 4 is 11.7 Å². The summed E-state index contributed by atoms with van der Waals surface area (Å²) >= 11 is 0. The number of nitrogens with one attached hydrogen (secondary N) is 1. The topological polar surface area (TPSA) is 67.6 Å². The predicted molar refractivity (Wildman–Crippen MR) is 70.9 cm³/mol. The number of carbonyl (C=O) groups is 1. The minimum Gasteiger partial charge on any atom is -0.381 e. The fourth-order valence-corrected chi connectivity index (χ4v) is 2.32. The van der Waals surface area contributed by atoms with E-state index >= 15 is 0 Å². The Labute approximate surface area is 113 Å². The van der Waals surface area contributed by atoms with E-state index in [4.69, 9.17) is 9.26 Å². The Morgan fingerprint density at radius 3 is 2.79 bits per heavy atom. The summed E-state index contributed by atoms with van der Waals surface area (Å²) in [5, 5.41) is 6.53. The standard InChI is InChI=1S/C13H21N3O3/c1-9-8-12(15-19-9)14-13(17)10(2)16-6-4-11(18-3)5-7-16/h8,10-11H,4-7H2,1-3H3,(H,14,15,17). The van der Waals surface area contributed by atoms with Gasteiger partial charge in [0.1, 0.15) is 5.76 Å². The Kier molecular flexibility index (Phi) is 4.55. The molecule has 106 valence electrons. The van der Waals surface area contributed by atoms with E-state index in [0.29, 0.717) is 17.7 Å². The maximum atomic E-state index is 12.1. The highest BCUT2D eigenvalue weighted by atomic mass is 16.5. The molecule has 1 saturated heterocycles. The Bertz CT molecular complexity index is 425. The lowest BCUT2D eigenvalue weighted by molar-refractivity contribution is -0.121. The third kappa shape index (κ3) is 3.54. The molecular weight excluding hydrogens is 246 g/mol. The van der Waals surface area contributed by atoms with Gasteiger partial charge < -0.3 is 14.6 Å². The number of likely N-dealkylation sites (tertiary alicyclic amines) is 1. The van der Waals surface area contributed by atoms with Gasteiger partial charge in [0.15, 0.2) is 5.82 Å². The van der Waals surface area contributed by atoms with Crippen molar-refractivity contribution in [3.05, 3.63) is 11.8 Å². The molecule has 6 heteroatoms. The molecule has 1 N–H and O–H groups in total. The number of rotatable bonds is 4. The summed E-state index contributed by atoms with van der Waals surface area (Å²) in [6.07, 6.45) is 2.26. The molecule has 1 amide bonds. The van der Waals surface area contributed by atoms with Gasteiger partial charge in [-0.1, -0.05) is 5.16 Å². The van der Waals surface area contributed by atoms with Gasteiger partial charge in [0.2, 0.25) is 5.91 Å². The minimum atomic E-state index is -0.171. The van der Waals surface area contributed by atoms with Crippen molar-refractivity contribution in [2.24, 2.45) is 0 Å². The van der Waals surface area contributed by atoms with Crippen molar-refractivity contribution in [2.75, 3.05) is 25.5 Å². The van der Waals surface area contributed by atoms with Crippen LogP contribution in [-0.4, -0.2) is 48.3 Å². The average Bonchev–Trinajstić information content (AvgIpc) is 2.83. The van der Waals surface area contributed by atoms with Crippen LogP contribution in [0.25, 0.3) is 0 Å². The molecule has 19 heavy (non-hydrogen) atoms. The van der Waals surface area contributed by atoms with Gasteiger partial charge in [-0.3, -0.25) is 9.69 Å². The molecule has 1 atom stereocenters. The number of aromatic nitrogens is 1. The highest BCUT2D eigenvalue weighted by Crippen LogP contribution is 2.16. The molecule has 1 aliphatic heterocycles. The highest BCUT2D eigenvalue weighted by molar-refractivity contribution is 5.93. The second kappa shape index (κ2) is 6.16. The summed E-state index contributed by atoms with van der Waals surface area (Å²) in [4.78, 5) is 14.3. The molecule has 0 saturated carbocycles. The number of methoxy groups -OCH3 is 1. The van der Waals surface area contributed by atoms with E-state index in [0.717, 1.165) is 25.9 Å². The second-order valence-corrected chi connectivity index (χ2v) is 4.96. The zero-order valence-corrected chi connectivity index (χ0v) is 11.7. The normalized spacial score (nSPS) is 19.3. The van der Waals surface area contributed by atoms with E-state index in [1.807, 2.05) is 6.92 Å². The number of hydrogen-bond donors (Lipinski definition) is 1. The SMILES string of the molecule is COC1CCN(C(C)C(=O)Nc2cc(C)on2)CC1. The molecule has 2 rings (SSSR count). The number of ether oxygens (including phenoxy) is 1. The Morgan fingerprint density at radius 1 is 1.58 bits per heavy atom. The first-order chi connectivity index (χ1) is 9.10. The van der Waals surface area contributed by atoms with Gasteiger partial charge >= 0.3 is 0 Å². The number of nitrogens with zero attached hydrogens (tertiary/aromatic N) is 2. The fourth-order valence-electron chi connectivity index (χ4n) is 2.32. The maximum Gasteiger partial charge on any atom is 0.242 e. The van der Waals surface area contributed by atoms with Crippen LogP contribution in [0.4, 0.5) is 5.82 Å². The second-order valence-electron chi connectivity index (χ2n) is 4.96. The Morgan fingerprint density at radius 2 is 2.26 bits per heavy atom. The largest absolute Gasteiger partial charge is 0.381 e. The van der Waals surface area contributed by atoms with Crippen molar-refractivity contribution in [3.63, 3.8) is 0 Å². The molecular formula is C13H21N3O3. The lowest BCUT2D eigenvalue weighted by Gasteiger charge is -2.34. The van der Waals surface area contributed by atoms with Gasteiger partial charge in [0, 0.05) is 26.3 Å². The van der Waals surface area contributed by atoms with Crippen LogP contribution in [-0.2, 0) is 9.53 Å². The van der Waals surface area contributed by atoms with Crippen LogP contribution in [0.3, 0.4) is 0 Å². The summed E-state index contributed by atoms with van der Waals surface area (Å²) in [7, 11) is 1.74. The molecule has 1 aromatic rings. The molecule has 1 aromatic heterocycles. The molecule has 0 bridgehead atoms. The number of amides is 1. The van der Waals surface area contributed by atoms with Crippen LogP contribution in [0, 0.1) is 6.92 Å². The van der Waals surface area contributed by atoms with E-state index in [2.05, 4.69) is 15.4 Å². The first-order valence-electron chi connectivity index (χ1n) is 6.61. The summed E-state index contributed by atoms with van der Waals surface area (Å²) in [6, 6.07) is 1.54. The molecule has 2 heterocycles. The van der Waals surface area contributed by atoms with E-state index < -0.39 is 0 Å². The van der Waals surface area contributed by atoms with Crippen molar-refractivity contribution in [2.45, 2.75) is 38.8 Å². The molecule has 0 spiro atoms. The van der Waals surface area contributed by atoms with E-state index in [-0.39, 0.29) is 11.9 Å². The van der Waals surface area contributed by atoms with Crippen molar-refractivity contribution in [1.82, 2.24) is 10.1 Å². The number of hydrogen-bond acceptors (Lipinski definition) is 5. The third-order valence-electron chi connectivity index (χ3n) is 3.62. The zero-order valence-electron chi connectivity index (χ0n) is 11.7. The number of carbonyl (C=O) groups excluding carboxylic acids is 1. The first-order valence-corrected chi connectivity index (χ1v) is 6.61. The quantitative estimate of drug-likeness (QED) is 0.893. The van der Waals surface area contributed by atoms with Gasteiger partial charge in [0.25, 0.3) is 0 Å². The fraction of sp³-hybridized carbons (Fsp3) is 0.692. The van der Waals surface area contributed by atoms with Crippen LogP contribution in [0.5, 0.6) is 0 Å². The van der Waals surface area contributed by atoms with Crippen LogP contribution in [0.2, 0.25) is 0 Å². The lowest BCUT2D eigenvalue weighted by Crippen LogP contribution is -2.47. The van der Waals surface area contributed by atoms with Crippen molar-refractivity contribution in [1.29, 1.82) is 0 Å². The van der Waals surface area contributed by atoms with Crippen LogP contribution < -0.4 is 5.32 Å². The Hall–Kier alpha value is -1.40. The minimum absolute atomic E-state index is 0.0517. The van der Waals surface area contributed by atoms with Gasteiger partial charge in [-0.25, -0.2) is 0 Å².